The minimum Gasteiger partial charge on any atom is -0.497 e. The maximum atomic E-state index is 12.7. The lowest BCUT2D eigenvalue weighted by molar-refractivity contribution is -0.122. The van der Waals surface area contributed by atoms with Gasteiger partial charge in [0.05, 0.1) is 19.1 Å². The fourth-order valence-corrected chi connectivity index (χ4v) is 4.11. The average Bonchev–Trinajstić information content (AvgIpc) is 2.63. The summed E-state index contributed by atoms with van der Waals surface area (Å²) in [7, 11) is -2.10. The van der Waals surface area contributed by atoms with Crippen LogP contribution in [-0.4, -0.2) is 33.7 Å². The fourth-order valence-electron chi connectivity index (χ4n) is 2.72. The molecule has 1 N–H and O–H groups in total. The molecule has 0 aliphatic heterocycles. The first kappa shape index (κ1) is 21.1. The molecule has 0 heterocycles. The lowest BCUT2D eigenvalue weighted by Crippen LogP contribution is -2.49. The number of sulfonamides is 1. The molecule has 2 aromatic rings. The van der Waals surface area contributed by atoms with E-state index in [1.807, 2.05) is 12.1 Å². The van der Waals surface area contributed by atoms with E-state index in [0.29, 0.717) is 17.1 Å². The number of amides is 1. The van der Waals surface area contributed by atoms with Crippen LogP contribution in [0.15, 0.2) is 48.5 Å². The van der Waals surface area contributed by atoms with Crippen LogP contribution in [0.3, 0.4) is 0 Å². The van der Waals surface area contributed by atoms with Gasteiger partial charge in [-0.3, -0.25) is 9.10 Å². The summed E-state index contributed by atoms with van der Waals surface area (Å²) in [6.45, 7) is 2.05. The minimum atomic E-state index is -3.69. The molecule has 6 nitrogen and oxygen atoms in total. The standard InChI is InChI=1S/C19H23ClN2O4S/c1-4-18(19(23)21-13-14-8-10-17(26-2)11-9-14)22(27(3,24)25)16-7-5-6-15(20)12-16/h5-12,18H,4,13H2,1-3H3,(H,21,23)/t18-/m0/s1. The average molecular weight is 411 g/mol. The largest absolute Gasteiger partial charge is 0.497 e. The molecular weight excluding hydrogens is 388 g/mol. The zero-order chi connectivity index (χ0) is 20.0. The van der Waals surface area contributed by atoms with Crippen molar-refractivity contribution in [2.45, 2.75) is 25.9 Å². The normalized spacial score (nSPS) is 12.3. The van der Waals surface area contributed by atoms with Gasteiger partial charge in [-0.2, -0.15) is 0 Å². The molecule has 0 aromatic heterocycles. The van der Waals surface area contributed by atoms with E-state index in [9.17, 15) is 13.2 Å². The molecule has 0 bridgehead atoms. The van der Waals surface area contributed by atoms with E-state index >= 15 is 0 Å². The third-order valence-corrected chi connectivity index (χ3v) is 5.43. The Kier molecular flexibility index (Phi) is 7.10. The second-order valence-electron chi connectivity index (χ2n) is 6.03. The van der Waals surface area contributed by atoms with Gasteiger partial charge in [-0.05, 0) is 42.3 Å². The molecule has 0 fully saturated rings. The minimum absolute atomic E-state index is 0.284. The van der Waals surface area contributed by atoms with Crippen LogP contribution in [0.5, 0.6) is 5.75 Å². The smallest absolute Gasteiger partial charge is 0.244 e. The van der Waals surface area contributed by atoms with Crippen molar-refractivity contribution < 1.29 is 17.9 Å². The van der Waals surface area contributed by atoms with Crippen molar-refractivity contribution in [2.24, 2.45) is 0 Å². The van der Waals surface area contributed by atoms with E-state index in [-0.39, 0.29) is 12.5 Å². The molecule has 2 aromatic carbocycles. The predicted octanol–water partition coefficient (Wildman–Crippen LogP) is 3.21. The van der Waals surface area contributed by atoms with Gasteiger partial charge >= 0.3 is 0 Å². The van der Waals surface area contributed by atoms with Gasteiger partial charge in [0, 0.05) is 11.6 Å². The molecule has 0 radical (unpaired) electrons. The molecule has 2 rings (SSSR count). The van der Waals surface area contributed by atoms with Crippen molar-refractivity contribution in [3.63, 3.8) is 0 Å². The lowest BCUT2D eigenvalue weighted by atomic mass is 10.1. The van der Waals surface area contributed by atoms with Crippen molar-refractivity contribution in [3.8, 4) is 5.75 Å². The van der Waals surface area contributed by atoms with Crippen LogP contribution < -0.4 is 14.4 Å². The molecule has 0 aliphatic rings. The zero-order valence-electron chi connectivity index (χ0n) is 15.5. The monoisotopic (exact) mass is 410 g/mol. The Morgan fingerprint density at radius 2 is 1.89 bits per heavy atom. The van der Waals surface area contributed by atoms with Crippen molar-refractivity contribution in [1.29, 1.82) is 0 Å². The summed E-state index contributed by atoms with van der Waals surface area (Å²) >= 11 is 6.00. The number of ether oxygens (including phenoxy) is 1. The lowest BCUT2D eigenvalue weighted by Gasteiger charge is -2.30. The van der Waals surface area contributed by atoms with E-state index in [1.54, 1.807) is 44.4 Å². The Balaban J connectivity index is 2.21. The summed E-state index contributed by atoms with van der Waals surface area (Å²) < 4.78 is 31.0. The Bertz CT molecular complexity index is 885. The molecule has 8 heteroatoms. The first-order valence-corrected chi connectivity index (χ1v) is 10.6. The highest BCUT2D eigenvalue weighted by Gasteiger charge is 2.31. The first-order valence-electron chi connectivity index (χ1n) is 8.42. The van der Waals surface area contributed by atoms with E-state index in [1.165, 1.54) is 6.07 Å². The van der Waals surface area contributed by atoms with Crippen LogP contribution >= 0.6 is 11.6 Å². The number of hydrogen-bond donors (Lipinski definition) is 1. The number of benzene rings is 2. The molecule has 0 saturated carbocycles. The van der Waals surface area contributed by atoms with Gasteiger partial charge in [0.2, 0.25) is 15.9 Å². The number of anilines is 1. The van der Waals surface area contributed by atoms with Crippen molar-refractivity contribution >= 4 is 33.2 Å². The highest BCUT2D eigenvalue weighted by molar-refractivity contribution is 7.92. The number of nitrogens with zero attached hydrogens (tertiary/aromatic N) is 1. The van der Waals surface area contributed by atoms with Gasteiger partial charge in [-0.1, -0.05) is 36.7 Å². The molecule has 0 aliphatic carbocycles. The van der Waals surface area contributed by atoms with Gasteiger partial charge in [0.25, 0.3) is 0 Å². The second kappa shape index (κ2) is 9.10. The number of hydrogen-bond acceptors (Lipinski definition) is 4. The molecular formula is C19H23ClN2O4S. The highest BCUT2D eigenvalue weighted by Crippen LogP contribution is 2.25. The summed E-state index contributed by atoms with van der Waals surface area (Å²) in [5.74, 6) is 0.347. The summed E-state index contributed by atoms with van der Waals surface area (Å²) in [6, 6.07) is 12.8. The van der Waals surface area contributed by atoms with Gasteiger partial charge in [0.1, 0.15) is 11.8 Å². The summed E-state index contributed by atoms with van der Waals surface area (Å²) in [6.07, 6.45) is 1.39. The predicted molar refractivity (Wildman–Crippen MR) is 108 cm³/mol. The Morgan fingerprint density at radius 3 is 2.41 bits per heavy atom. The van der Waals surface area contributed by atoms with Crippen LogP contribution in [0.4, 0.5) is 5.69 Å². The molecule has 1 amide bonds. The van der Waals surface area contributed by atoms with Crippen LogP contribution in [0.2, 0.25) is 5.02 Å². The second-order valence-corrected chi connectivity index (χ2v) is 8.32. The van der Waals surface area contributed by atoms with Gasteiger partial charge in [0.15, 0.2) is 0 Å². The van der Waals surface area contributed by atoms with Crippen LogP contribution in [0.25, 0.3) is 0 Å². The van der Waals surface area contributed by atoms with Gasteiger partial charge in [-0.25, -0.2) is 8.42 Å². The van der Waals surface area contributed by atoms with Gasteiger partial charge < -0.3 is 10.1 Å². The summed E-state index contributed by atoms with van der Waals surface area (Å²) in [5.41, 5.74) is 1.24. The molecule has 27 heavy (non-hydrogen) atoms. The van der Waals surface area contributed by atoms with Crippen LogP contribution in [-0.2, 0) is 21.4 Å². The Morgan fingerprint density at radius 1 is 1.22 bits per heavy atom. The maximum Gasteiger partial charge on any atom is 0.244 e. The number of nitrogens with one attached hydrogen (secondary N) is 1. The number of methoxy groups -OCH3 is 1. The Hall–Kier alpha value is -2.25. The fraction of sp³-hybridized carbons (Fsp3) is 0.316. The Labute approximate surface area is 165 Å². The molecule has 1 atom stereocenters. The summed E-state index contributed by atoms with van der Waals surface area (Å²) in [4.78, 5) is 12.7. The molecule has 146 valence electrons. The third kappa shape index (κ3) is 5.61. The zero-order valence-corrected chi connectivity index (χ0v) is 17.0. The first-order chi connectivity index (χ1) is 12.8. The molecule has 0 spiro atoms. The molecule has 0 unspecified atom stereocenters. The number of halogens is 1. The van der Waals surface area contributed by atoms with Crippen molar-refractivity contribution in [3.05, 3.63) is 59.1 Å². The van der Waals surface area contributed by atoms with E-state index in [4.69, 9.17) is 16.3 Å². The van der Waals surface area contributed by atoms with Crippen molar-refractivity contribution in [2.75, 3.05) is 17.7 Å². The quantitative estimate of drug-likeness (QED) is 0.725. The van der Waals surface area contributed by atoms with Crippen molar-refractivity contribution in [1.82, 2.24) is 5.32 Å². The summed E-state index contributed by atoms with van der Waals surface area (Å²) in [5, 5.41) is 3.20. The highest BCUT2D eigenvalue weighted by atomic mass is 35.5. The van der Waals surface area contributed by atoms with Crippen LogP contribution in [0.1, 0.15) is 18.9 Å². The van der Waals surface area contributed by atoms with E-state index in [2.05, 4.69) is 5.32 Å². The van der Waals surface area contributed by atoms with E-state index in [0.717, 1.165) is 21.9 Å². The molecule has 0 saturated heterocycles. The number of rotatable bonds is 8. The SMILES string of the molecule is CC[C@@H](C(=O)NCc1ccc(OC)cc1)N(c1cccc(Cl)c1)S(C)(=O)=O. The third-order valence-electron chi connectivity index (χ3n) is 4.02. The number of carbonyl (C=O) groups is 1. The van der Waals surface area contributed by atoms with E-state index < -0.39 is 16.1 Å². The maximum absolute atomic E-state index is 12.7. The van der Waals surface area contributed by atoms with Crippen LogP contribution in [0, 0.1) is 0 Å². The van der Waals surface area contributed by atoms with Gasteiger partial charge in [-0.15, -0.1) is 0 Å². The topological polar surface area (TPSA) is 75.7 Å². The number of carbonyl (C=O) groups excluding carboxylic acids is 1.